The minimum absolute atomic E-state index is 0.502. The Balaban J connectivity index is 1.88. The molecule has 0 amide bonds. The van der Waals surface area contributed by atoms with Crippen molar-refractivity contribution in [3.63, 3.8) is 0 Å². The Labute approximate surface area is 157 Å². The second-order valence-corrected chi connectivity index (χ2v) is 6.94. The van der Waals surface area contributed by atoms with Crippen LogP contribution >= 0.6 is 11.6 Å². The molecule has 0 N–H and O–H groups in total. The van der Waals surface area contributed by atoms with Crippen LogP contribution in [0.3, 0.4) is 0 Å². The van der Waals surface area contributed by atoms with Gasteiger partial charge >= 0.3 is 0 Å². The maximum Gasteiger partial charge on any atom is 0.0486 e. The van der Waals surface area contributed by atoms with Crippen molar-refractivity contribution in [2.75, 3.05) is 0 Å². The quantitative estimate of drug-likeness (QED) is 0.227. The summed E-state index contributed by atoms with van der Waals surface area (Å²) in [6, 6.07) is 32.5. The van der Waals surface area contributed by atoms with Crippen LogP contribution in [-0.4, -0.2) is 0 Å². The number of rotatable bonds is 2. The highest BCUT2D eigenvalue weighted by Gasteiger charge is 2.12. The lowest BCUT2D eigenvalue weighted by Gasteiger charge is -2.14. The van der Waals surface area contributed by atoms with Crippen molar-refractivity contribution in [3.8, 4) is 11.1 Å². The van der Waals surface area contributed by atoms with E-state index in [1.807, 2.05) is 0 Å². The molecule has 0 fully saturated rings. The largest absolute Gasteiger partial charge is 0.122 e. The number of benzene rings is 5. The zero-order chi connectivity index (χ0) is 17.5. The van der Waals surface area contributed by atoms with Gasteiger partial charge in [-0.2, -0.15) is 0 Å². The highest BCUT2D eigenvalue weighted by atomic mass is 35.5. The molecule has 0 bridgehead atoms. The Morgan fingerprint density at radius 2 is 1.31 bits per heavy atom. The van der Waals surface area contributed by atoms with Gasteiger partial charge in [0, 0.05) is 5.88 Å². The fourth-order valence-corrected chi connectivity index (χ4v) is 4.24. The average Bonchev–Trinajstić information content (AvgIpc) is 2.71. The van der Waals surface area contributed by atoms with Crippen LogP contribution in [0.25, 0.3) is 43.4 Å². The van der Waals surface area contributed by atoms with Gasteiger partial charge in [0.1, 0.15) is 0 Å². The summed E-state index contributed by atoms with van der Waals surface area (Å²) < 4.78 is 0. The first-order valence-corrected chi connectivity index (χ1v) is 9.37. The van der Waals surface area contributed by atoms with Gasteiger partial charge in [0.15, 0.2) is 0 Å². The molecule has 0 saturated carbocycles. The third-order valence-corrected chi connectivity index (χ3v) is 5.46. The van der Waals surface area contributed by atoms with Gasteiger partial charge in [-0.05, 0) is 61.1 Å². The molecule has 0 aromatic heterocycles. The second-order valence-electron chi connectivity index (χ2n) is 6.68. The van der Waals surface area contributed by atoms with Crippen molar-refractivity contribution < 1.29 is 0 Å². The third kappa shape index (κ3) is 2.38. The number of fused-ring (bicyclic) bond motifs is 3. The summed E-state index contributed by atoms with van der Waals surface area (Å²) >= 11 is 6.44. The standard InChI is InChI=1S/C25H17Cl/c26-16-24-22-10-4-3-8-19(22)15-21-9-5-11-23(25(21)24)20-13-12-17-6-1-2-7-18(17)14-20/h1-15H,16H2. The van der Waals surface area contributed by atoms with Crippen LogP contribution in [0.2, 0.25) is 0 Å². The minimum Gasteiger partial charge on any atom is -0.122 e. The van der Waals surface area contributed by atoms with Crippen LogP contribution in [0.1, 0.15) is 5.56 Å². The van der Waals surface area contributed by atoms with E-state index in [1.54, 1.807) is 0 Å². The van der Waals surface area contributed by atoms with E-state index < -0.39 is 0 Å². The molecule has 26 heavy (non-hydrogen) atoms. The van der Waals surface area contributed by atoms with Crippen molar-refractivity contribution >= 4 is 43.9 Å². The monoisotopic (exact) mass is 352 g/mol. The molecule has 0 spiro atoms. The smallest absolute Gasteiger partial charge is 0.0486 e. The molecular weight excluding hydrogens is 336 g/mol. The van der Waals surface area contributed by atoms with E-state index in [0.717, 1.165) is 0 Å². The molecular formula is C25H17Cl. The van der Waals surface area contributed by atoms with Gasteiger partial charge in [0.25, 0.3) is 0 Å². The molecule has 0 radical (unpaired) electrons. The minimum atomic E-state index is 0.502. The first-order valence-electron chi connectivity index (χ1n) is 8.83. The zero-order valence-electron chi connectivity index (χ0n) is 14.2. The van der Waals surface area contributed by atoms with Crippen molar-refractivity contribution in [3.05, 3.63) is 96.6 Å². The Hall–Kier alpha value is -2.83. The number of hydrogen-bond acceptors (Lipinski definition) is 0. The first-order chi connectivity index (χ1) is 12.8. The maximum atomic E-state index is 6.44. The summed E-state index contributed by atoms with van der Waals surface area (Å²) in [4.78, 5) is 0. The first kappa shape index (κ1) is 15.4. The Morgan fingerprint density at radius 3 is 2.15 bits per heavy atom. The molecule has 1 heteroatoms. The molecule has 0 heterocycles. The summed E-state index contributed by atoms with van der Waals surface area (Å²) in [5.41, 5.74) is 3.69. The van der Waals surface area contributed by atoms with Gasteiger partial charge in [-0.25, -0.2) is 0 Å². The predicted octanol–water partition coefficient (Wildman–Crippen LogP) is 7.55. The highest BCUT2D eigenvalue weighted by molar-refractivity contribution is 6.21. The SMILES string of the molecule is ClCc1c2ccccc2cc2cccc(-c3ccc4ccccc4c3)c12. The van der Waals surface area contributed by atoms with Crippen LogP contribution < -0.4 is 0 Å². The van der Waals surface area contributed by atoms with Crippen molar-refractivity contribution in [1.82, 2.24) is 0 Å². The van der Waals surface area contributed by atoms with Gasteiger partial charge in [0.2, 0.25) is 0 Å². The maximum absolute atomic E-state index is 6.44. The van der Waals surface area contributed by atoms with Gasteiger partial charge in [-0.1, -0.05) is 78.9 Å². The number of hydrogen-bond donors (Lipinski definition) is 0. The van der Waals surface area contributed by atoms with Crippen LogP contribution in [0.5, 0.6) is 0 Å². The zero-order valence-corrected chi connectivity index (χ0v) is 15.0. The van der Waals surface area contributed by atoms with Crippen molar-refractivity contribution in [1.29, 1.82) is 0 Å². The van der Waals surface area contributed by atoms with Gasteiger partial charge in [-0.15, -0.1) is 11.6 Å². The van der Waals surface area contributed by atoms with Gasteiger partial charge in [-0.3, -0.25) is 0 Å². The van der Waals surface area contributed by atoms with Crippen LogP contribution in [0.15, 0.2) is 91.0 Å². The second kappa shape index (κ2) is 6.16. The number of alkyl halides is 1. The van der Waals surface area contributed by atoms with Crippen LogP contribution in [0, 0.1) is 0 Å². The summed E-state index contributed by atoms with van der Waals surface area (Å²) in [7, 11) is 0. The normalized spacial score (nSPS) is 11.4. The summed E-state index contributed by atoms with van der Waals surface area (Å²) in [5.74, 6) is 0.502. The molecule has 0 aliphatic heterocycles. The summed E-state index contributed by atoms with van der Waals surface area (Å²) in [6.07, 6.45) is 0. The molecule has 0 aliphatic rings. The van der Waals surface area contributed by atoms with E-state index in [-0.39, 0.29) is 0 Å². The van der Waals surface area contributed by atoms with Crippen molar-refractivity contribution in [2.24, 2.45) is 0 Å². The Bertz CT molecular complexity index is 1270. The molecule has 0 saturated heterocycles. The summed E-state index contributed by atoms with van der Waals surface area (Å²) in [5, 5.41) is 7.51. The lowest BCUT2D eigenvalue weighted by atomic mass is 9.91. The van der Waals surface area contributed by atoms with Crippen LogP contribution in [-0.2, 0) is 5.88 Å². The fourth-order valence-electron chi connectivity index (χ4n) is 3.96. The van der Waals surface area contributed by atoms with Gasteiger partial charge in [0.05, 0.1) is 0 Å². The predicted molar refractivity (Wildman–Crippen MR) is 114 cm³/mol. The van der Waals surface area contributed by atoms with E-state index in [4.69, 9.17) is 11.6 Å². The molecule has 5 aromatic rings. The Kier molecular flexibility index (Phi) is 3.65. The van der Waals surface area contributed by atoms with E-state index in [9.17, 15) is 0 Å². The molecule has 0 unspecified atom stereocenters. The summed E-state index contributed by atoms with van der Waals surface area (Å²) in [6.45, 7) is 0. The lowest BCUT2D eigenvalue weighted by Crippen LogP contribution is -1.90. The molecule has 124 valence electrons. The topological polar surface area (TPSA) is 0 Å². The molecule has 5 rings (SSSR count). The Morgan fingerprint density at radius 1 is 0.577 bits per heavy atom. The number of halogens is 1. The molecule has 5 aromatic carbocycles. The fraction of sp³-hybridized carbons (Fsp3) is 0.0400. The van der Waals surface area contributed by atoms with E-state index in [0.29, 0.717) is 5.88 Å². The van der Waals surface area contributed by atoms with E-state index in [2.05, 4.69) is 91.0 Å². The van der Waals surface area contributed by atoms with Crippen molar-refractivity contribution in [2.45, 2.75) is 5.88 Å². The van der Waals surface area contributed by atoms with E-state index >= 15 is 0 Å². The molecule has 0 nitrogen and oxygen atoms in total. The third-order valence-electron chi connectivity index (χ3n) is 5.19. The lowest BCUT2D eigenvalue weighted by molar-refractivity contribution is 1.49. The average molecular weight is 353 g/mol. The molecule has 0 aliphatic carbocycles. The highest BCUT2D eigenvalue weighted by Crippen LogP contribution is 2.37. The van der Waals surface area contributed by atoms with Gasteiger partial charge < -0.3 is 0 Å². The van der Waals surface area contributed by atoms with E-state index in [1.165, 1.54) is 49.0 Å². The van der Waals surface area contributed by atoms with Crippen LogP contribution in [0.4, 0.5) is 0 Å². The molecule has 0 atom stereocenters.